The van der Waals surface area contributed by atoms with Gasteiger partial charge in [0.05, 0.1) is 5.56 Å². The Morgan fingerprint density at radius 1 is 1.37 bits per heavy atom. The van der Waals surface area contributed by atoms with E-state index >= 15 is 0 Å². The predicted octanol–water partition coefficient (Wildman–Crippen LogP) is 3.65. The zero-order chi connectivity index (χ0) is 13.7. The zero-order valence-electron chi connectivity index (χ0n) is 10.9. The van der Waals surface area contributed by atoms with Gasteiger partial charge in [0, 0.05) is 16.7 Å². The van der Waals surface area contributed by atoms with Crippen LogP contribution >= 0.6 is 15.9 Å². The first-order chi connectivity index (χ1) is 9.16. The van der Waals surface area contributed by atoms with Crippen LogP contribution in [0.2, 0.25) is 0 Å². The molecule has 1 aromatic rings. The summed E-state index contributed by atoms with van der Waals surface area (Å²) in [7, 11) is 0. The van der Waals surface area contributed by atoms with Gasteiger partial charge in [-0.05, 0) is 50.3 Å². The highest BCUT2D eigenvalue weighted by molar-refractivity contribution is 9.10. The van der Waals surface area contributed by atoms with E-state index in [-0.39, 0.29) is 5.91 Å². The van der Waals surface area contributed by atoms with Gasteiger partial charge in [0.2, 0.25) is 0 Å². The number of rotatable bonds is 4. The van der Waals surface area contributed by atoms with Gasteiger partial charge in [0.25, 0.3) is 5.91 Å². The Hall–Kier alpha value is -1.29. The number of hydrogen-bond donors (Lipinski definition) is 2. The van der Waals surface area contributed by atoms with Crippen molar-refractivity contribution >= 4 is 27.5 Å². The molecule has 3 N–H and O–H groups in total. The highest BCUT2D eigenvalue weighted by atomic mass is 79.9. The summed E-state index contributed by atoms with van der Waals surface area (Å²) < 4.78 is 0.863. The second-order valence-electron chi connectivity index (χ2n) is 4.85. The molecule has 1 aliphatic carbocycles. The predicted molar refractivity (Wildman–Crippen MR) is 82.1 cm³/mol. The van der Waals surface area contributed by atoms with Crippen molar-refractivity contribution in [3.63, 3.8) is 0 Å². The number of nitrogen functional groups attached to an aromatic ring is 1. The van der Waals surface area contributed by atoms with Crippen molar-refractivity contribution in [3.05, 3.63) is 39.9 Å². The molecule has 0 atom stereocenters. The molecule has 0 aromatic heterocycles. The highest BCUT2D eigenvalue weighted by Crippen LogP contribution is 2.20. The number of nitrogens with two attached hydrogens (primary N) is 1. The molecule has 102 valence electrons. The molecular formula is C15H19BrN2O. The van der Waals surface area contributed by atoms with Crippen LogP contribution in [0.5, 0.6) is 0 Å². The van der Waals surface area contributed by atoms with Gasteiger partial charge in [-0.3, -0.25) is 4.79 Å². The SMILES string of the molecule is Nc1ccc(Br)cc1C(=O)NCCC1=CCCCC1. The molecular weight excluding hydrogens is 304 g/mol. The molecule has 0 saturated heterocycles. The van der Waals surface area contributed by atoms with Gasteiger partial charge in [0.1, 0.15) is 0 Å². The standard InChI is InChI=1S/C15H19BrN2O/c16-12-6-7-14(17)13(10-12)15(19)18-9-8-11-4-2-1-3-5-11/h4,6-7,10H,1-3,5,8-9,17H2,(H,18,19). The van der Waals surface area contributed by atoms with E-state index in [1.807, 2.05) is 6.07 Å². The summed E-state index contributed by atoms with van der Waals surface area (Å²) in [6, 6.07) is 5.33. The van der Waals surface area contributed by atoms with Crippen LogP contribution in [0, 0.1) is 0 Å². The van der Waals surface area contributed by atoms with Crippen LogP contribution in [-0.2, 0) is 0 Å². The average Bonchev–Trinajstić information content (AvgIpc) is 2.42. The molecule has 0 bridgehead atoms. The summed E-state index contributed by atoms with van der Waals surface area (Å²) in [5.74, 6) is -0.102. The van der Waals surface area contributed by atoms with Gasteiger partial charge in [-0.2, -0.15) is 0 Å². The summed E-state index contributed by atoms with van der Waals surface area (Å²) in [5.41, 5.74) is 8.32. The molecule has 0 saturated carbocycles. The fourth-order valence-corrected chi connectivity index (χ4v) is 2.65. The van der Waals surface area contributed by atoms with Crippen molar-refractivity contribution in [1.82, 2.24) is 5.32 Å². The van der Waals surface area contributed by atoms with Crippen molar-refractivity contribution in [2.24, 2.45) is 0 Å². The molecule has 0 aliphatic heterocycles. The van der Waals surface area contributed by atoms with Crippen LogP contribution in [0.25, 0.3) is 0 Å². The largest absolute Gasteiger partial charge is 0.398 e. The fourth-order valence-electron chi connectivity index (χ4n) is 2.29. The molecule has 2 rings (SSSR count). The van der Waals surface area contributed by atoms with Gasteiger partial charge in [-0.15, -0.1) is 0 Å². The maximum atomic E-state index is 12.0. The number of nitrogens with one attached hydrogen (secondary N) is 1. The molecule has 0 radical (unpaired) electrons. The number of allylic oxidation sites excluding steroid dienone is 1. The Morgan fingerprint density at radius 2 is 2.21 bits per heavy atom. The summed E-state index contributed by atoms with van der Waals surface area (Å²) in [4.78, 5) is 12.0. The van der Waals surface area contributed by atoms with Gasteiger partial charge in [-0.25, -0.2) is 0 Å². The van der Waals surface area contributed by atoms with Crippen LogP contribution in [0.15, 0.2) is 34.3 Å². The van der Waals surface area contributed by atoms with Crippen LogP contribution in [-0.4, -0.2) is 12.5 Å². The van der Waals surface area contributed by atoms with Crippen molar-refractivity contribution < 1.29 is 4.79 Å². The molecule has 0 heterocycles. The molecule has 0 spiro atoms. The Kier molecular flexibility index (Phi) is 5.02. The number of hydrogen-bond acceptors (Lipinski definition) is 2. The lowest BCUT2D eigenvalue weighted by molar-refractivity contribution is 0.0955. The third-order valence-electron chi connectivity index (χ3n) is 3.38. The third kappa shape index (κ3) is 4.10. The minimum absolute atomic E-state index is 0.102. The number of anilines is 1. The minimum atomic E-state index is -0.102. The second kappa shape index (κ2) is 6.75. The molecule has 0 unspecified atom stereocenters. The van der Waals surface area contributed by atoms with Gasteiger partial charge >= 0.3 is 0 Å². The Morgan fingerprint density at radius 3 is 2.95 bits per heavy atom. The molecule has 1 aliphatic rings. The van der Waals surface area contributed by atoms with Crippen molar-refractivity contribution in [2.75, 3.05) is 12.3 Å². The normalized spacial score (nSPS) is 14.9. The zero-order valence-corrected chi connectivity index (χ0v) is 12.5. The quantitative estimate of drug-likeness (QED) is 0.656. The van der Waals surface area contributed by atoms with Crippen LogP contribution in [0.1, 0.15) is 42.5 Å². The van der Waals surface area contributed by atoms with Crippen LogP contribution in [0.4, 0.5) is 5.69 Å². The number of halogens is 1. The molecule has 3 nitrogen and oxygen atoms in total. The molecule has 0 fully saturated rings. The van der Waals surface area contributed by atoms with E-state index < -0.39 is 0 Å². The highest BCUT2D eigenvalue weighted by Gasteiger charge is 2.10. The molecule has 1 aromatic carbocycles. The first kappa shape index (κ1) is 14.1. The third-order valence-corrected chi connectivity index (χ3v) is 3.87. The van der Waals surface area contributed by atoms with E-state index in [1.165, 1.54) is 31.3 Å². The molecule has 1 amide bonds. The summed E-state index contributed by atoms with van der Waals surface area (Å²) in [6.45, 7) is 0.677. The number of carbonyl (C=O) groups excluding carboxylic acids is 1. The monoisotopic (exact) mass is 322 g/mol. The summed E-state index contributed by atoms with van der Waals surface area (Å²) >= 11 is 3.35. The van der Waals surface area contributed by atoms with E-state index in [4.69, 9.17) is 5.73 Å². The maximum Gasteiger partial charge on any atom is 0.253 e. The van der Waals surface area contributed by atoms with Crippen molar-refractivity contribution in [3.8, 4) is 0 Å². The Balaban J connectivity index is 1.87. The topological polar surface area (TPSA) is 55.1 Å². The maximum absolute atomic E-state index is 12.0. The van der Waals surface area contributed by atoms with Gasteiger partial charge in [-0.1, -0.05) is 27.6 Å². The summed E-state index contributed by atoms with van der Waals surface area (Å²) in [6.07, 6.45) is 8.18. The lowest BCUT2D eigenvalue weighted by Gasteiger charge is -2.13. The lowest BCUT2D eigenvalue weighted by Crippen LogP contribution is -2.25. The average molecular weight is 323 g/mol. The second-order valence-corrected chi connectivity index (χ2v) is 5.76. The van der Waals surface area contributed by atoms with E-state index in [9.17, 15) is 4.79 Å². The molecule has 4 heteroatoms. The minimum Gasteiger partial charge on any atom is -0.398 e. The number of amides is 1. The first-order valence-electron chi connectivity index (χ1n) is 6.68. The van der Waals surface area contributed by atoms with E-state index in [1.54, 1.807) is 12.1 Å². The van der Waals surface area contributed by atoms with Crippen molar-refractivity contribution in [1.29, 1.82) is 0 Å². The Labute approximate surface area is 122 Å². The summed E-state index contributed by atoms with van der Waals surface area (Å²) in [5, 5.41) is 2.93. The van der Waals surface area contributed by atoms with Gasteiger partial charge in [0.15, 0.2) is 0 Å². The fraction of sp³-hybridized carbons (Fsp3) is 0.400. The Bertz CT molecular complexity index is 497. The smallest absolute Gasteiger partial charge is 0.253 e. The number of benzene rings is 1. The van der Waals surface area contributed by atoms with Crippen molar-refractivity contribution in [2.45, 2.75) is 32.1 Å². The van der Waals surface area contributed by atoms with E-state index in [0.29, 0.717) is 17.8 Å². The van der Waals surface area contributed by atoms with Gasteiger partial charge < -0.3 is 11.1 Å². The first-order valence-corrected chi connectivity index (χ1v) is 7.47. The van der Waals surface area contributed by atoms with Crippen LogP contribution < -0.4 is 11.1 Å². The number of carbonyl (C=O) groups is 1. The van der Waals surface area contributed by atoms with E-state index in [2.05, 4.69) is 27.3 Å². The van der Waals surface area contributed by atoms with E-state index in [0.717, 1.165) is 10.9 Å². The van der Waals surface area contributed by atoms with Crippen LogP contribution in [0.3, 0.4) is 0 Å². The molecule has 19 heavy (non-hydrogen) atoms. The lowest BCUT2D eigenvalue weighted by atomic mass is 9.97.